The quantitative estimate of drug-likeness (QED) is 0.513. The molecule has 0 N–H and O–H groups in total. The Morgan fingerprint density at radius 1 is 1.78 bits per heavy atom. The van der Waals surface area contributed by atoms with E-state index in [1.807, 2.05) is 0 Å². The molecule has 0 saturated carbocycles. The first-order chi connectivity index (χ1) is 4.38. The monoisotopic (exact) mass is 127 g/mol. The fraction of sp³-hybridized carbons (Fsp3) is 0. The smallest absolute Gasteiger partial charge is 0.214 e. The highest BCUT2D eigenvalue weighted by molar-refractivity contribution is 5.66. The molecule has 6 nitrogen and oxygen atoms in total. The molecule has 47 valence electrons. The molecule has 0 aliphatic carbocycles. The van der Waals surface area contributed by atoms with Gasteiger partial charge in [-0.3, -0.25) is 0 Å². The molecule has 1 aliphatic rings. The molecule has 1 radical (unpaired) electrons. The van der Waals surface area contributed by atoms with Gasteiger partial charge in [-0.25, -0.2) is 0 Å². The Bertz CT molecular complexity index is 222. The summed E-state index contributed by atoms with van der Waals surface area (Å²) < 4.78 is 4.39. The SMILES string of the molecule is [O]N1O[N-]c2conc21. The lowest BCUT2D eigenvalue weighted by Crippen LogP contribution is -2.08. The van der Waals surface area contributed by atoms with Gasteiger partial charge in [0.2, 0.25) is 5.82 Å². The number of aromatic nitrogens is 1. The number of hydrogen-bond donors (Lipinski definition) is 0. The third-order valence-electron chi connectivity index (χ3n) is 0.919. The molecule has 0 amide bonds. The van der Waals surface area contributed by atoms with Crippen molar-refractivity contribution >= 4 is 11.5 Å². The van der Waals surface area contributed by atoms with Crippen molar-refractivity contribution in [3.63, 3.8) is 0 Å². The Labute approximate surface area is 49.5 Å². The zero-order chi connectivity index (χ0) is 6.27. The van der Waals surface area contributed by atoms with Crippen molar-refractivity contribution in [1.29, 1.82) is 0 Å². The Morgan fingerprint density at radius 2 is 2.67 bits per heavy atom. The first-order valence-corrected chi connectivity index (χ1v) is 2.18. The van der Waals surface area contributed by atoms with Crippen LogP contribution in [0.2, 0.25) is 0 Å². The second kappa shape index (κ2) is 1.36. The minimum Gasteiger partial charge on any atom is -0.528 e. The average molecular weight is 127 g/mol. The number of anilines is 1. The van der Waals surface area contributed by atoms with Gasteiger partial charge < -0.3 is 14.9 Å². The molecule has 0 unspecified atom stereocenters. The maximum atomic E-state index is 10.4. The number of nitrogens with zero attached hydrogens (tertiary/aromatic N) is 3. The standard InChI is InChI=1S/C3HN3O3/c7-6-3-2(4-9-6)1-8-5-3/h1H/q-1. The van der Waals surface area contributed by atoms with Crippen LogP contribution in [0.3, 0.4) is 0 Å². The summed E-state index contributed by atoms with van der Waals surface area (Å²) in [6.45, 7) is 0. The van der Waals surface area contributed by atoms with Crippen molar-refractivity contribution in [1.82, 2.24) is 5.16 Å². The van der Waals surface area contributed by atoms with Gasteiger partial charge in [0.15, 0.2) is 0 Å². The molecule has 0 atom stereocenters. The average Bonchev–Trinajstić information content (AvgIpc) is 2.35. The van der Waals surface area contributed by atoms with Crippen LogP contribution in [0.5, 0.6) is 0 Å². The zero-order valence-corrected chi connectivity index (χ0v) is 4.14. The second-order valence-corrected chi connectivity index (χ2v) is 1.45. The highest BCUT2D eigenvalue weighted by Gasteiger charge is 2.14. The van der Waals surface area contributed by atoms with E-state index >= 15 is 0 Å². The number of fused-ring (bicyclic) bond motifs is 1. The van der Waals surface area contributed by atoms with E-state index in [9.17, 15) is 5.21 Å². The van der Waals surface area contributed by atoms with E-state index in [0.717, 1.165) is 0 Å². The summed E-state index contributed by atoms with van der Waals surface area (Å²) in [6.07, 6.45) is 1.23. The van der Waals surface area contributed by atoms with E-state index < -0.39 is 0 Å². The highest BCUT2D eigenvalue weighted by atomic mass is 17.0. The number of rotatable bonds is 0. The maximum absolute atomic E-state index is 10.4. The molecule has 9 heavy (non-hydrogen) atoms. The van der Waals surface area contributed by atoms with Crippen molar-refractivity contribution in [2.45, 2.75) is 0 Å². The van der Waals surface area contributed by atoms with Crippen LogP contribution in [0.15, 0.2) is 10.8 Å². The Hall–Kier alpha value is -1.27. The van der Waals surface area contributed by atoms with Gasteiger partial charge in [0.1, 0.15) is 6.26 Å². The van der Waals surface area contributed by atoms with Crippen LogP contribution in [-0.2, 0) is 10.1 Å². The van der Waals surface area contributed by atoms with Crippen molar-refractivity contribution in [3.05, 3.63) is 11.7 Å². The first kappa shape index (κ1) is 4.59. The van der Waals surface area contributed by atoms with Crippen molar-refractivity contribution < 1.29 is 14.7 Å². The molecular weight excluding hydrogens is 126 g/mol. The van der Waals surface area contributed by atoms with E-state index in [-0.39, 0.29) is 11.0 Å². The molecule has 2 rings (SSSR count). The van der Waals surface area contributed by atoms with Crippen LogP contribution >= 0.6 is 0 Å². The number of hydrogen-bond acceptors (Lipinski definition) is 4. The summed E-state index contributed by atoms with van der Waals surface area (Å²) >= 11 is 0. The Balaban J connectivity index is 2.49. The van der Waals surface area contributed by atoms with Crippen LogP contribution in [0.4, 0.5) is 11.5 Å². The minimum atomic E-state index is 0.0648. The van der Waals surface area contributed by atoms with Gasteiger partial charge in [0.25, 0.3) is 0 Å². The third kappa shape index (κ3) is 0.479. The van der Waals surface area contributed by atoms with Crippen LogP contribution in [0, 0.1) is 0 Å². The van der Waals surface area contributed by atoms with Crippen molar-refractivity contribution in [2.24, 2.45) is 0 Å². The lowest BCUT2D eigenvalue weighted by atomic mass is 10.6. The summed E-state index contributed by atoms with van der Waals surface area (Å²) in [4.78, 5) is 4.14. The molecule has 0 spiro atoms. The first-order valence-electron chi connectivity index (χ1n) is 2.18. The van der Waals surface area contributed by atoms with E-state index in [1.165, 1.54) is 6.26 Å². The maximum Gasteiger partial charge on any atom is 0.214 e. The van der Waals surface area contributed by atoms with Crippen LogP contribution in [0.1, 0.15) is 0 Å². The van der Waals surface area contributed by atoms with Crippen LogP contribution < -0.4 is 5.23 Å². The van der Waals surface area contributed by atoms with Gasteiger partial charge in [-0.15, -0.1) is 0 Å². The topological polar surface area (TPSA) is 72.5 Å². The van der Waals surface area contributed by atoms with Crippen molar-refractivity contribution in [3.8, 4) is 0 Å². The lowest BCUT2D eigenvalue weighted by molar-refractivity contribution is -0.0393. The van der Waals surface area contributed by atoms with Crippen molar-refractivity contribution in [2.75, 3.05) is 5.23 Å². The fourth-order valence-corrected chi connectivity index (χ4v) is 0.535. The molecule has 0 aromatic carbocycles. The Kier molecular flexibility index (Phi) is 0.696. The van der Waals surface area contributed by atoms with E-state index in [1.54, 1.807) is 0 Å². The minimum absolute atomic E-state index is 0.0648. The highest BCUT2D eigenvalue weighted by Crippen LogP contribution is 2.37. The van der Waals surface area contributed by atoms with Gasteiger partial charge in [-0.2, -0.15) is 0 Å². The molecule has 1 aromatic heterocycles. The summed E-state index contributed by atoms with van der Waals surface area (Å²) in [7, 11) is 0. The van der Waals surface area contributed by atoms with Gasteiger partial charge in [0, 0.05) is 0 Å². The predicted octanol–water partition coefficient (Wildman–Crippen LogP) is 0.692. The zero-order valence-electron chi connectivity index (χ0n) is 4.14. The molecule has 0 bridgehead atoms. The fourth-order valence-electron chi connectivity index (χ4n) is 0.535. The van der Waals surface area contributed by atoms with E-state index in [0.29, 0.717) is 5.69 Å². The molecule has 6 heteroatoms. The van der Waals surface area contributed by atoms with Gasteiger partial charge in [0.05, 0.1) is 0 Å². The summed E-state index contributed by atoms with van der Waals surface area (Å²) in [5.74, 6) is 0.0648. The summed E-state index contributed by atoms with van der Waals surface area (Å²) in [5, 5.41) is 13.9. The molecule has 1 aliphatic heterocycles. The molecular formula is C3HN3O3-. The predicted molar refractivity (Wildman–Crippen MR) is 23.8 cm³/mol. The van der Waals surface area contributed by atoms with Gasteiger partial charge >= 0.3 is 0 Å². The molecule has 0 saturated heterocycles. The van der Waals surface area contributed by atoms with Crippen LogP contribution in [-0.4, -0.2) is 5.16 Å². The molecule has 2 heterocycles. The summed E-state index contributed by atoms with van der Waals surface area (Å²) in [6, 6.07) is 0. The second-order valence-electron chi connectivity index (χ2n) is 1.45. The largest absolute Gasteiger partial charge is 0.528 e. The Morgan fingerprint density at radius 3 is 3.44 bits per heavy atom. The summed E-state index contributed by atoms with van der Waals surface area (Å²) in [5.41, 5.74) is 3.62. The third-order valence-corrected chi connectivity index (χ3v) is 0.919. The van der Waals surface area contributed by atoms with E-state index in [2.05, 4.69) is 20.1 Å². The van der Waals surface area contributed by atoms with E-state index in [4.69, 9.17) is 0 Å². The van der Waals surface area contributed by atoms with Gasteiger partial charge in [-0.1, -0.05) is 15.6 Å². The molecule has 0 fully saturated rings. The normalized spacial score (nSPS) is 15.4. The molecule has 1 aromatic rings. The van der Waals surface area contributed by atoms with Gasteiger partial charge in [-0.05, 0) is 5.69 Å². The lowest BCUT2D eigenvalue weighted by Gasteiger charge is -2.08. The van der Waals surface area contributed by atoms with Crippen LogP contribution in [0.25, 0.3) is 5.48 Å².